The van der Waals surface area contributed by atoms with E-state index in [2.05, 4.69) is 9.55 Å². The van der Waals surface area contributed by atoms with Gasteiger partial charge in [-0.15, -0.1) is 0 Å². The van der Waals surface area contributed by atoms with E-state index >= 15 is 4.39 Å². The number of aromatic nitrogens is 3. The highest BCUT2D eigenvalue weighted by Gasteiger charge is 2.32. The van der Waals surface area contributed by atoms with Crippen molar-refractivity contribution in [3.63, 3.8) is 0 Å². The molecule has 0 unspecified atom stereocenters. The number of Topliss-reactive ketones (excluding diaryl/α,β-unsaturated/α-hetero) is 1. The molecule has 200 valence electrons. The summed E-state index contributed by atoms with van der Waals surface area (Å²) in [5, 5.41) is 0.722. The van der Waals surface area contributed by atoms with Gasteiger partial charge < -0.3 is 20.1 Å². The first-order chi connectivity index (χ1) is 19.0. The smallest absolute Gasteiger partial charge is 0.320 e. The minimum Gasteiger partial charge on any atom is -0.345 e. The Labute approximate surface area is 225 Å². The number of carbonyl (C=O) groups excluding carboxylic acids is 2. The second-order valence-electron chi connectivity index (χ2n) is 10.9. The van der Waals surface area contributed by atoms with Crippen molar-refractivity contribution >= 4 is 39.5 Å². The van der Waals surface area contributed by atoms with Crippen molar-refractivity contribution in [3.05, 3.63) is 71.6 Å². The molecule has 0 radical (unpaired) electrons. The lowest BCUT2D eigenvalue weighted by atomic mass is 9.97. The number of amides is 2. The van der Waals surface area contributed by atoms with E-state index in [-0.39, 0.29) is 17.6 Å². The van der Waals surface area contributed by atoms with E-state index in [1.807, 2.05) is 51.0 Å². The first kappa shape index (κ1) is 24.1. The van der Waals surface area contributed by atoms with Gasteiger partial charge in [0.25, 0.3) is 0 Å². The predicted molar refractivity (Wildman–Crippen MR) is 147 cm³/mol. The van der Waals surface area contributed by atoms with Gasteiger partial charge >= 0.3 is 6.03 Å². The number of fused-ring (bicyclic) bond motifs is 1. The maximum atomic E-state index is 15.1. The van der Waals surface area contributed by atoms with Gasteiger partial charge in [-0.05, 0) is 67.1 Å². The Morgan fingerprint density at radius 1 is 1.08 bits per heavy atom. The summed E-state index contributed by atoms with van der Waals surface area (Å²) in [4.78, 5) is 35.0. The van der Waals surface area contributed by atoms with Crippen LogP contribution in [0.3, 0.4) is 0 Å². The molecule has 3 aromatic heterocycles. The number of halogens is 1. The summed E-state index contributed by atoms with van der Waals surface area (Å²) in [5.74, 6) is 0.172. The average molecular weight is 527 g/mol. The molecule has 1 aromatic carbocycles. The van der Waals surface area contributed by atoms with Crippen LogP contribution >= 0.6 is 0 Å². The zero-order valence-electron chi connectivity index (χ0n) is 21.8. The number of hydrogen-bond donors (Lipinski definition) is 1. The van der Waals surface area contributed by atoms with Gasteiger partial charge in [0.1, 0.15) is 11.5 Å². The van der Waals surface area contributed by atoms with Gasteiger partial charge in [0.15, 0.2) is 5.78 Å². The van der Waals surface area contributed by atoms with E-state index in [0.717, 1.165) is 51.8 Å². The predicted octanol–water partition coefficient (Wildman–Crippen LogP) is 4.31. The topological polar surface area (TPSA) is 88.9 Å². The molecule has 3 aliphatic rings. The van der Waals surface area contributed by atoms with Gasteiger partial charge in [0.05, 0.1) is 17.4 Å². The van der Waals surface area contributed by atoms with Crippen LogP contribution in [0.2, 0.25) is 0 Å². The Morgan fingerprint density at radius 2 is 1.92 bits per heavy atom. The van der Waals surface area contributed by atoms with Gasteiger partial charge in [0.2, 0.25) is 0 Å². The van der Waals surface area contributed by atoms with Crippen LogP contribution in [0.5, 0.6) is 0 Å². The largest absolute Gasteiger partial charge is 0.345 e. The minimum atomic E-state index is -0.364. The van der Waals surface area contributed by atoms with Crippen LogP contribution in [0.15, 0.2) is 48.9 Å². The zero-order valence-corrected chi connectivity index (χ0v) is 21.8. The lowest BCUT2D eigenvalue weighted by Gasteiger charge is -2.35. The molecular formula is C30H31FN6O2. The lowest BCUT2D eigenvalue weighted by molar-refractivity contribution is -0.113. The molecule has 0 atom stereocenters. The maximum Gasteiger partial charge on any atom is 0.320 e. The summed E-state index contributed by atoms with van der Waals surface area (Å²) < 4.78 is 19.2. The molecule has 0 saturated carbocycles. The van der Waals surface area contributed by atoms with Gasteiger partial charge in [-0.25, -0.2) is 14.2 Å². The summed E-state index contributed by atoms with van der Waals surface area (Å²) in [5.41, 5.74) is 11.6. The van der Waals surface area contributed by atoms with Crippen LogP contribution < -0.4 is 5.73 Å². The molecule has 0 bridgehead atoms. The van der Waals surface area contributed by atoms with E-state index in [0.29, 0.717) is 63.6 Å². The van der Waals surface area contributed by atoms with E-state index in [1.54, 1.807) is 0 Å². The molecule has 7 rings (SSSR count). The number of piperidine rings is 1. The van der Waals surface area contributed by atoms with Crippen molar-refractivity contribution in [2.24, 2.45) is 11.7 Å². The molecule has 1 fully saturated rings. The number of nitrogens with zero attached hydrogens (tertiary/aromatic N) is 5. The van der Waals surface area contributed by atoms with Crippen LogP contribution in [-0.2, 0) is 17.9 Å². The van der Waals surface area contributed by atoms with Gasteiger partial charge in [-0.3, -0.25) is 9.20 Å². The van der Waals surface area contributed by atoms with Crippen LogP contribution in [0, 0.1) is 11.7 Å². The summed E-state index contributed by atoms with van der Waals surface area (Å²) in [6, 6.07) is 8.89. The van der Waals surface area contributed by atoms with Crippen LogP contribution in [-0.4, -0.2) is 61.7 Å². The number of benzene rings is 1. The lowest BCUT2D eigenvalue weighted by Crippen LogP contribution is -2.47. The number of carbonyl (C=O) groups is 2. The fourth-order valence-corrected chi connectivity index (χ4v) is 6.60. The highest BCUT2D eigenvalue weighted by atomic mass is 19.1. The number of urea groups is 1. The maximum absolute atomic E-state index is 15.1. The van der Waals surface area contributed by atoms with Gasteiger partial charge in [-0.2, -0.15) is 0 Å². The first-order valence-electron chi connectivity index (χ1n) is 13.8. The van der Waals surface area contributed by atoms with E-state index in [4.69, 9.17) is 5.73 Å². The number of ketones is 1. The number of rotatable bonds is 3. The second kappa shape index (κ2) is 9.34. The van der Waals surface area contributed by atoms with Crippen molar-refractivity contribution in [2.45, 2.75) is 38.8 Å². The highest BCUT2D eigenvalue weighted by molar-refractivity contribution is 6.33. The number of likely N-dealkylation sites (tertiary alicyclic amines) is 1. The summed E-state index contributed by atoms with van der Waals surface area (Å²) in [6.45, 7) is 3.49. The third-order valence-corrected chi connectivity index (χ3v) is 8.66. The van der Waals surface area contributed by atoms with Crippen LogP contribution in [0.1, 0.15) is 42.5 Å². The summed E-state index contributed by atoms with van der Waals surface area (Å²) in [7, 11) is 0. The van der Waals surface area contributed by atoms with Gasteiger partial charge in [0, 0.05) is 68.1 Å². The van der Waals surface area contributed by atoms with Crippen molar-refractivity contribution in [3.8, 4) is 0 Å². The molecule has 39 heavy (non-hydrogen) atoms. The first-order valence-corrected chi connectivity index (χ1v) is 13.8. The van der Waals surface area contributed by atoms with Crippen molar-refractivity contribution < 1.29 is 14.0 Å². The molecule has 5 heterocycles. The normalized spacial score (nSPS) is 18.6. The third kappa shape index (κ3) is 3.95. The average Bonchev–Trinajstić information content (AvgIpc) is 3.61. The number of pyridine rings is 1. The Kier molecular flexibility index (Phi) is 5.77. The summed E-state index contributed by atoms with van der Waals surface area (Å²) >= 11 is 0. The van der Waals surface area contributed by atoms with E-state index in [1.165, 1.54) is 12.1 Å². The van der Waals surface area contributed by atoms with Crippen LogP contribution in [0.4, 0.5) is 9.18 Å². The Bertz CT molecular complexity index is 1660. The van der Waals surface area contributed by atoms with E-state index < -0.39 is 0 Å². The number of allylic oxidation sites excluding steroid dienone is 2. The molecule has 1 saturated heterocycles. The third-order valence-electron chi connectivity index (χ3n) is 8.66. The van der Waals surface area contributed by atoms with Crippen LogP contribution in [0.25, 0.3) is 27.7 Å². The number of nitrogens with two attached hydrogens (primary N) is 1. The van der Waals surface area contributed by atoms with Crippen molar-refractivity contribution in [1.29, 1.82) is 0 Å². The van der Waals surface area contributed by atoms with Crippen molar-refractivity contribution in [1.82, 2.24) is 23.8 Å². The molecule has 4 aromatic rings. The SMILES string of the molecule is NCC1CCN(C(=O)N2CCn3cc(C4=C(c5cnc6ccccn56)CCC4=O)c4cc(F)cc(c43)C2)CC1. The molecule has 9 heteroatoms. The quantitative estimate of drug-likeness (QED) is 0.431. The Balaban J connectivity index is 1.29. The molecule has 8 nitrogen and oxygen atoms in total. The van der Waals surface area contributed by atoms with Gasteiger partial charge in [-0.1, -0.05) is 6.07 Å². The monoisotopic (exact) mass is 526 g/mol. The molecule has 2 aliphatic heterocycles. The zero-order chi connectivity index (χ0) is 26.7. The second-order valence-corrected chi connectivity index (χ2v) is 10.9. The molecule has 0 spiro atoms. The Hall–Kier alpha value is -3.98. The molecule has 1 aliphatic carbocycles. The van der Waals surface area contributed by atoms with Crippen molar-refractivity contribution in [2.75, 3.05) is 26.2 Å². The summed E-state index contributed by atoms with van der Waals surface area (Å²) in [6.07, 6.45) is 8.63. The standard InChI is InChI=1S/C30H31FN6O2/c31-21-13-20-17-36(30(39)34-9-6-19(15-32)7-10-34)12-11-35-18-24(23(14-21)29(20)35)28-22(4-5-26(28)38)25-16-33-27-3-1-2-8-37(25)27/h1-3,8,13-14,16,18-19H,4-7,9-12,15,17,32H2. The fourth-order valence-electron chi connectivity index (χ4n) is 6.60. The Morgan fingerprint density at radius 3 is 2.74 bits per heavy atom. The van der Waals surface area contributed by atoms with E-state index in [9.17, 15) is 9.59 Å². The number of imidazole rings is 1. The fraction of sp³-hybridized carbons (Fsp3) is 0.367. The number of hydrogen-bond acceptors (Lipinski definition) is 4. The minimum absolute atomic E-state index is 0.00237. The highest BCUT2D eigenvalue weighted by Crippen LogP contribution is 2.42. The molecule has 2 N–H and O–H groups in total. The molecule has 2 amide bonds. The molecular weight excluding hydrogens is 495 g/mol.